The first-order valence-electron chi connectivity index (χ1n) is 29.0. The number of fused-ring (bicyclic) bond motifs is 24. The van der Waals surface area contributed by atoms with Crippen LogP contribution in [0.1, 0.15) is 154 Å². The standard InChI is InChI=1S/C20H16Br2S2.2C18H12Br2S2.C16H8Br2S2/c1-19(2)11-5-10-12(6-9(11)17-13(19)7-15(21)23-17)20(3,4)14-8-16(22)24-18(10)14;1-7-9-3-14-10(8(2)12-6-16(20)22-18(12)14)4-13(9)17-11(7)5-15(19)21-17;1-7-11-3-9-5-14(20)22-18(9)16(11)8(2)12-4-10-6-13(19)21-17(10)15(7)12;17-13-5-9-1-7-3-12-8(4-11(7)15(9)19-13)2-10-6-14(18)20-16(10)12/h5-8H,1-4H3;3-8H,1-2H3;5-6H,3-4H2,1-2H3;3-6H,1-2H2. The Morgan fingerprint density at radius 2 is 0.614 bits per heavy atom. The second-order valence-corrected chi connectivity index (χ2v) is 44.8. The van der Waals surface area contributed by atoms with Gasteiger partial charge in [0, 0.05) is 61.7 Å². The molecule has 0 radical (unpaired) electrons. The summed E-state index contributed by atoms with van der Waals surface area (Å²) < 4.78 is 9.95. The molecule has 0 fully saturated rings. The molecule has 20 rings (SSSR count). The average molecular weight is 1810 g/mol. The van der Waals surface area contributed by atoms with Gasteiger partial charge in [-0.1, -0.05) is 41.5 Å². The summed E-state index contributed by atoms with van der Waals surface area (Å²) in [5.41, 5.74) is 38.8. The fraction of sp³-hybridized carbons (Fsp3) is 0.222. The molecule has 8 aliphatic rings. The van der Waals surface area contributed by atoms with Gasteiger partial charge in [0.2, 0.25) is 0 Å². The third-order valence-corrected chi connectivity index (χ3v) is 33.5. The lowest BCUT2D eigenvalue weighted by atomic mass is 9.79. The van der Waals surface area contributed by atoms with Gasteiger partial charge in [0.05, 0.1) is 30.3 Å². The minimum Gasteiger partial charge on any atom is -0.128 e. The lowest BCUT2D eigenvalue weighted by molar-refractivity contribution is 0.653. The van der Waals surface area contributed by atoms with E-state index < -0.39 is 0 Å². The number of halogens is 8. The molecule has 0 saturated heterocycles. The zero-order valence-electron chi connectivity index (χ0n) is 48.4. The Hall–Kier alpha value is -1.68. The summed E-state index contributed by atoms with van der Waals surface area (Å²) >= 11 is 44.2. The van der Waals surface area contributed by atoms with Crippen LogP contribution >= 0.6 is 218 Å². The normalized spacial score (nSPS) is 16.9. The Morgan fingerprint density at radius 3 is 1.00 bits per heavy atom. The molecule has 2 atom stereocenters. The Balaban J connectivity index is 0.0000000912. The van der Waals surface area contributed by atoms with Crippen molar-refractivity contribution in [2.45, 2.75) is 104 Å². The molecule has 0 saturated carbocycles. The molecular formula is C72H48Br8S8. The zero-order valence-corrected chi connectivity index (χ0v) is 67.6. The van der Waals surface area contributed by atoms with Crippen molar-refractivity contribution in [3.8, 4) is 83.5 Å². The molecule has 12 aromatic rings. The van der Waals surface area contributed by atoms with Gasteiger partial charge in [0.15, 0.2) is 0 Å². The summed E-state index contributed by atoms with van der Waals surface area (Å²) in [6.45, 7) is 18.7. The number of hydrogen-bond acceptors (Lipinski definition) is 8. The molecule has 0 spiro atoms. The molecule has 0 aliphatic heterocycles. The number of thiophene rings is 8. The second-order valence-electron chi connectivity index (χ2n) is 25.4. The first kappa shape index (κ1) is 60.0. The van der Waals surface area contributed by atoms with E-state index in [1.807, 2.05) is 90.7 Å². The molecule has 88 heavy (non-hydrogen) atoms. The van der Waals surface area contributed by atoms with Gasteiger partial charge >= 0.3 is 0 Å². The van der Waals surface area contributed by atoms with E-state index in [4.69, 9.17) is 0 Å². The molecule has 8 heterocycles. The lowest BCUT2D eigenvalue weighted by Gasteiger charge is -2.24. The van der Waals surface area contributed by atoms with Crippen molar-refractivity contribution >= 4 is 218 Å². The van der Waals surface area contributed by atoms with Crippen molar-refractivity contribution in [2.24, 2.45) is 0 Å². The topological polar surface area (TPSA) is 0 Å². The molecule has 0 N–H and O–H groups in total. The van der Waals surface area contributed by atoms with E-state index in [1.54, 1.807) is 11.1 Å². The summed E-state index contributed by atoms with van der Waals surface area (Å²) in [5, 5.41) is 0. The Kier molecular flexibility index (Phi) is 14.6. The van der Waals surface area contributed by atoms with E-state index in [0.29, 0.717) is 11.8 Å². The van der Waals surface area contributed by atoms with Crippen LogP contribution in [0.4, 0.5) is 0 Å². The second kappa shape index (κ2) is 21.4. The largest absolute Gasteiger partial charge is 0.128 e. The van der Waals surface area contributed by atoms with Crippen LogP contribution in [0.3, 0.4) is 0 Å². The van der Waals surface area contributed by atoms with Crippen LogP contribution < -0.4 is 0 Å². The van der Waals surface area contributed by atoms with Gasteiger partial charge in [-0.3, -0.25) is 0 Å². The van der Waals surface area contributed by atoms with Crippen molar-refractivity contribution in [3.63, 3.8) is 0 Å². The highest BCUT2D eigenvalue weighted by Gasteiger charge is 2.44. The fourth-order valence-electron chi connectivity index (χ4n) is 15.6. The third kappa shape index (κ3) is 9.05. The van der Waals surface area contributed by atoms with Gasteiger partial charge in [0.1, 0.15) is 0 Å². The van der Waals surface area contributed by atoms with Gasteiger partial charge in [-0.05, 0) is 397 Å². The van der Waals surface area contributed by atoms with E-state index in [9.17, 15) is 0 Å². The summed E-state index contributed by atoms with van der Waals surface area (Å²) in [5.74, 6) is 1.00. The molecule has 0 nitrogen and oxygen atoms in total. The molecule has 16 heteroatoms. The maximum Gasteiger partial charge on any atom is 0.0708 e. The Morgan fingerprint density at radius 1 is 0.295 bits per heavy atom. The van der Waals surface area contributed by atoms with Crippen LogP contribution in [-0.4, -0.2) is 0 Å². The Bertz CT molecular complexity index is 4790. The lowest BCUT2D eigenvalue weighted by Crippen LogP contribution is -2.16. The highest BCUT2D eigenvalue weighted by Crippen LogP contribution is 2.62. The predicted molar refractivity (Wildman–Crippen MR) is 414 cm³/mol. The minimum absolute atomic E-state index is 0.0730. The van der Waals surface area contributed by atoms with Crippen LogP contribution in [0.25, 0.3) is 83.5 Å². The summed E-state index contributed by atoms with van der Waals surface area (Å²) in [7, 11) is 0. The van der Waals surface area contributed by atoms with Crippen LogP contribution in [0.15, 0.2) is 115 Å². The van der Waals surface area contributed by atoms with E-state index in [2.05, 4.69) is 268 Å². The monoisotopic (exact) mass is 1800 g/mol. The van der Waals surface area contributed by atoms with Crippen molar-refractivity contribution in [1.82, 2.24) is 0 Å². The van der Waals surface area contributed by atoms with Crippen molar-refractivity contribution in [3.05, 3.63) is 215 Å². The van der Waals surface area contributed by atoms with Gasteiger partial charge in [0.25, 0.3) is 0 Å². The van der Waals surface area contributed by atoms with Crippen molar-refractivity contribution in [1.29, 1.82) is 0 Å². The third-order valence-electron chi connectivity index (χ3n) is 19.9. The molecule has 440 valence electrons. The summed E-state index contributed by atoms with van der Waals surface area (Å²) in [6.07, 6.45) is 4.35. The van der Waals surface area contributed by atoms with E-state index in [-0.39, 0.29) is 10.8 Å². The molecule has 8 aromatic heterocycles. The predicted octanol–water partition coefficient (Wildman–Crippen LogP) is 29.1. The SMILES string of the molecule is Brc1cc2c(s1)-c1cc3c(cc1C2)-c1sc(Br)cc1C3.CC1(C)c2cc3c(cc2-c2sc(Br)cc21)C(C)(C)c1cc(Br)sc1-3.CC1c2cc3c(cc2-c2sc(Br)cc21)C(C)c1cc(Br)sc1-3.Cc1c2c(c(C)c3c1-c1sc(Br)cc1C3)-c1sc(Br)cc1C2. The van der Waals surface area contributed by atoms with Crippen LogP contribution in [0.2, 0.25) is 0 Å². The Labute approximate surface area is 612 Å². The van der Waals surface area contributed by atoms with E-state index >= 15 is 0 Å². The van der Waals surface area contributed by atoms with Crippen molar-refractivity contribution in [2.75, 3.05) is 0 Å². The smallest absolute Gasteiger partial charge is 0.0708 e. The summed E-state index contributed by atoms with van der Waals surface area (Å²) in [6, 6.07) is 33.1. The minimum atomic E-state index is 0.0730. The van der Waals surface area contributed by atoms with E-state index in [0.717, 1.165) is 25.7 Å². The van der Waals surface area contributed by atoms with Gasteiger partial charge in [-0.25, -0.2) is 0 Å². The van der Waals surface area contributed by atoms with Crippen molar-refractivity contribution < 1.29 is 0 Å². The first-order chi connectivity index (χ1) is 42.0. The highest BCUT2D eigenvalue weighted by molar-refractivity contribution is 9.12. The molecule has 4 aromatic carbocycles. The number of rotatable bonds is 0. The van der Waals surface area contributed by atoms with Gasteiger partial charge in [-0.15, -0.1) is 90.7 Å². The van der Waals surface area contributed by atoms with Gasteiger partial charge < -0.3 is 0 Å². The maximum absolute atomic E-state index is 3.69. The molecular weight excluding hydrogens is 1760 g/mol. The maximum atomic E-state index is 3.69. The van der Waals surface area contributed by atoms with E-state index in [1.165, 1.54) is 203 Å². The molecule has 0 bridgehead atoms. The molecule has 0 amide bonds. The van der Waals surface area contributed by atoms with Crippen LogP contribution in [-0.2, 0) is 36.5 Å². The average Bonchev–Trinajstić information content (AvgIpc) is 1.57. The zero-order chi connectivity index (χ0) is 60.8. The first-order valence-corrected chi connectivity index (χ1v) is 41.9. The molecule has 8 aliphatic carbocycles. The molecule has 2 unspecified atom stereocenters. The number of hydrogen-bond donors (Lipinski definition) is 0. The van der Waals surface area contributed by atoms with Crippen LogP contribution in [0.5, 0.6) is 0 Å². The summed E-state index contributed by atoms with van der Waals surface area (Å²) in [4.78, 5) is 11.7. The fourth-order valence-corrected chi connectivity index (χ4v) is 29.7. The van der Waals surface area contributed by atoms with Crippen LogP contribution in [0, 0.1) is 13.8 Å². The quantitative estimate of drug-likeness (QED) is 0.142. The highest BCUT2D eigenvalue weighted by atomic mass is 79.9. The van der Waals surface area contributed by atoms with Gasteiger partial charge in [-0.2, -0.15) is 0 Å². The number of benzene rings is 4.